The van der Waals surface area contributed by atoms with E-state index in [0.717, 1.165) is 16.7 Å². The number of imide groups is 1. The second kappa shape index (κ2) is 12.3. The maximum atomic E-state index is 14.2. The highest BCUT2D eigenvalue weighted by Crippen LogP contribution is 2.39. The molecule has 2 amide bonds. The summed E-state index contributed by atoms with van der Waals surface area (Å²) in [5, 5.41) is 0.618. The number of carbonyl (C=O) groups excluding carboxylic acids is 2. The average Bonchev–Trinajstić information content (AvgIpc) is 3.10. The molecule has 3 aromatic carbocycles. The molecular formula is C26H18Cl3FINO4S. The van der Waals surface area contributed by atoms with Crippen LogP contribution in [0.15, 0.2) is 53.4 Å². The standard InChI is InChI=1S/C26H18Cl3FINO4S/c1-2-35-22-10-15(9-21(31)24(22)36-13-16-17(27)4-3-5-20(16)30)11-23-25(33)32(26(34)37-23)12-14-6-7-18(28)19(29)8-14/h3-11H,2,12-13H2,1H3/b23-11-. The topological polar surface area (TPSA) is 55.8 Å². The van der Waals surface area contributed by atoms with Crippen LogP contribution in [0.5, 0.6) is 11.5 Å². The van der Waals surface area contributed by atoms with E-state index in [1.807, 2.05) is 6.92 Å². The van der Waals surface area contributed by atoms with E-state index >= 15 is 0 Å². The Balaban J connectivity index is 1.57. The maximum absolute atomic E-state index is 14.2. The van der Waals surface area contributed by atoms with E-state index in [-0.39, 0.29) is 33.9 Å². The Kier molecular flexibility index (Phi) is 9.29. The second-order valence-corrected chi connectivity index (χ2v) is 11.1. The number of hydrogen-bond donors (Lipinski definition) is 0. The third-order valence-electron chi connectivity index (χ3n) is 5.25. The van der Waals surface area contributed by atoms with E-state index < -0.39 is 11.7 Å². The van der Waals surface area contributed by atoms with Crippen molar-refractivity contribution in [1.82, 2.24) is 4.90 Å². The quantitative estimate of drug-likeness (QED) is 0.175. The van der Waals surface area contributed by atoms with E-state index in [4.69, 9.17) is 44.3 Å². The van der Waals surface area contributed by atoms with Crippen LogP contribution < -0.4 is 9.47 Å². The number of amides is 2. The molecule has 0 saturated carbocycles. The molecule has 0 N–H and O–H groups in total. The van der Waals surface area contributed by atoms with Crippen molar-refractivity contribution >= 4 is 86.4 Å². The van der Waals surface area contributed by atoms with Crippen molar-refractivity contribution in [2.45, 2.75) is 20.1 Å². The van der Waals surface area contributed by atoms with Gasteiger partial charge in [-0.25, -0.2) is 4.39 Å². The number of ether oxygens (including phenoxy) is 2. The number of hydrogen-bond acceptors (Lipinski definition) is 5. The third kappa shape index (κ3) is 6.54. The van der Waals surface area contributed by atoms with Crippen LogP contribution >= 0.6 is 69.2 Å². The van der Waals surface area contributed by atoms with E-state index in [1.54, 1.807) is 42.5 Å². The van der Waals surface area contributed by atoms with Crippen molar-refractivity contribution in [2.75, 3.05) is 6.61 Å². The molecule has 5 nitrogen and oxygen atoms in total. The van der Waals surface area contributed by atoms with Crippen molar-refractivity contribution in [3.8, 4) is 11.5 Å². The SMILES string of the molecule is CCOc1cc(/C=C2\SC(=O)N(Cc3ccc(Cl)c(Cl)c3)C2=O)cc(I)c1OCc1c(F)cccc1Cl. The lowest BCUT2D eigenvalue weighted by molar-refractivity contribution is -0.123. The predicted octanol–water partition coefficient (Wildman–Crippen LogP) is 8.60. The zero-order valence-electron chi connectivity index (χ0n) is 19.2. The Morgan fingerprint density at radius 2 is 1.81 bits per heavy atom. The lowest BCUT2D eigenvalue weighted by atomic mass is 10.1. The Hall–Kier alpha value is -1.98. The second-order valence-electron chi connectivity index (χ2n) is 7.77. The molecule has 4 rings (SSSR count). The molecule has 192 valence electrons. The summed E-state index contributed by atoms with van der Waals surface area (Å²) < 4.78 is 26.5. The monoisotopic (exact) mass is 691 g/mol. The van der Waals surface area contributed by atoms with E-state index in [0.29, 0.717) is 42.8 Å². The Bertz CT molecular complexity index is 1400. The minimum absolute atomic E-state index is 0.0754. The molecule has 11 heteroatoms. The first kappa shape index (κ1) is 28.0. The molecule has 0 atom stereocenters. The largest absolute Gasteiger partial charge is 0.490 e. The third-order valence-corrected chi connectivity index (χ3v) is 8.05. The lowest BCUT2D eigenvalue weighted by Crippen LogP contribution is -2.27. The van der Waals surface area contributed by atoms with Gasteiger partial charge in [-0.3, -0.25) is 14.5 Å². The zero-order chi connectivity index (χ0) is 26.7. The van der Waals surface area contributed by atoms with Crippen LogP contribution in [0.4, 0.5) is 9.18 Å². The molecule has 1 saturated heterocycles. The molecule has 1 fully saturated rings. The van der Waals surface area contributed by atoms with Crippen molar-refractivity contribution in [1.29, 1.82) is 0 Å². The average molecular weight is 693 g/mol. The van der Waals surface area contributed by atoms with Crippen molar-refractivity contribution in [3.63, 3.8) is 0 Å². The molecule has 0 unspecified atom stereocenters. The van der Waals surface area contributed by atoms with Crippen LogP contribution in [-0.2, 0) is 17.9 Å². The van der Waals surface area contributed by atoms with E-state index in [9.17, 15) is 14.0 Å². The van der Waals surface area contributed by atoms with Crippen molar-refractivity contribution in [3.05, 3.63) is 94.6 Å². The smallest absolute Gasteiger partial charge is 0.293 e. The van der Waals surface area contributed by atoms with Crippen LogP contribution in [0.3, 0.4) is 0 Å². The Labute approximate surface area is 246 Å². The molecule has 0 spiro atoms. The fourth-order valence-electron chi connectivity index (χ4n) is 3.50. The van der Waals surface area contributed by atoms with Gasteiger partial charge in [0.1, 0.15) is 12.4 Å². The highest BCUT2D eigenvalue weighted by atomic mass is 127. The summed E-state index contributed by atoms with van der Waals surface area (Å²) in [6, 6.07) is 12.9. The zero-order valence-corrected chi connectivity index (χ0v) is 24.4. The maximum Gasteiger partial charge on any atom is 0.293 e. The molecule has 0 aromatic heterocycles. The summed E-state index contributed by atoms with van der Waals surface area (Å²) in [5.74, 6) is -0.0352. The van der Waals surface area contributed by atoms with Gasteiger partial charge in [-0.15, -0.1) is 0 Å². The summed E-state index contributed by atoms with van der Waals surface area (Å²) in [5.41, 5.74) is 1.56. The molecule has 0 radical (unpaired) electrons. The normalized spacial score (nSPS) is 14.5. The molecule has 1 aliphatic rings. The first-order valence-corrected chi connectivity index (χ1v) is 13.9. The van der Waals surface area contributed by atoms with Crippen molar-refractivity contribution in [2.24, 2.45) is 0 Å². The molecule has 1 heterocycles. The van der Waals surface area contributed by atoms with Crippen LogP contribution in [0.2, 0.25) is 15.1 Å². The van der Waals surface area contributed by atoms with Crippen LogP contribution in [0.25, 0.3) is 6.08 Å². The number of halogens is 5. The van der Waals surface area contributed by atoms with Crippen LogP contribution in [0, 0.1) is 9.39 Å². The van der Waals surface area contributed by atoms with Gasteiger partial charge in [0.2, 0.25) is 0 Å². The number of benzene rings is 3. The molecule has 37 heavy (non-hydrogen) atoms. The minimum Gasteiger partial charge on any atom is -0.490 e. The fraction of sp³-hybridized carbons (Fsp3) is 0.154. The summed E-state index contributed by atoms with van der Waals surface area (Å²) in [6.45, 7) is 2.17. The summed E-state index contributed by atoms with van der Waals surface area (Å²) in [7, 11) is 0. The number of nitrogens with zero attached hydrogens (tertiary/aromatic N) is 1. The summed E-state index contributed by atoms with van der Waals surface area (Å²) in [6.07, 6.45) is 1.63. The summed E-state index contributed by atoms with van der Waals surface area (Å²) >= 11 is 21.1. The number of rotatable bonds is 8. The van der Waals surface area contributed by atoms with Crippen molar-refractivity contribution < 1.29 is 23.5 Å². The van der Waals surface area contributed by atoms with Gasteiger partial charge in [0.25, 0.3) is 11.1 Å². The van der Waals surface area contributed by atoms with Gasteiger partial charge in [0.05, 0.1) is 36.7 Å². The molecular weight excluding hydrogens is 675 g/mol. The van der Waals surface area contributed by atoms with Gasteiger partial charge in [-0.2, -0.15) is 0 Å². The van der Waals surface area contributed by atoms with Gasteiger partial charge in [0.15, 0.2) is 11.5 Å². The highest BCUT2D eigenvalue weighted by molar-refractivity contribution is 14.1. The molecule has 0 aliphatic carbocycles. The van der Waals surface area contributed by atoms with Gasteiger partial charge in [-0.1, -0.05) is 46.9 Å². The van der Waals surface area contributed by atoms with Crippen LogP contribution in [-0.4, -0.2) is 22.7 Å². The summed E-state index contributed by atoms with van der Waals surface area (Å²) in [4.78, 5) is 27.0. The van der Waals surface area contributed by atoms with Gasteiger partial charge in [0, 0.05) is 5.56 Å². The van der Waals surface area contributed by atoms with Gasteiger partial charge in [-0.05, 0) is 94.9 Å². The fourth-order valence-corrected chi connectivity index (χ4v) is 5.65. The predicted molar refractivity (Wildman–Crippen MR) is 154 cm³/mol. The lowest BCUT2D eigenvalue weighted by Gasteiger charge is -2.16. The molecule has 3 aromatic rings. The van der Waals surface area contributed by atoms with Gasteiger partial charge >= 0.3 is 0 Å². The first-order chi connectivity index (χ1) is 17.7. The number of thioether (sulfide) groups is 1. The number of carbonyl (C=O) groups is 2. The minimum atomic E-state index is -0.464. The Morgan fingerprint density at radius 3 is 2.51 bits per heavy atom. The molecule has 1 aliphatic heterocycles. The first-order valence-electron chi connectivity index (χ1n) is 10.9. The van der Waals surface area contributed by atoms with E-state index in [2.05, 4.69) is 22.6 Å². The van der Waals surface area contributed by atoms with E-state index in [1.165, 1.54) is 12.1 Å². The van der Waals surface area contributed by atoms with Crippen LogP contribution in [0.1, 0.15) is 23.6 Å². The highest BCUT2D eigenvalue weighted by Gasteiger charge is 2.35. The Morgan fingerprint density at radius 1 is 1.03 bits per heavy atom. The molecule has 0 bridgehead atoms. The van der Waals surface area contributed by atoms with Gasteiger partial charge < -0.3 is 9.47 Å².